The average Bonchev–Trinajstić information content (AvgIpc) is 2.81. The van der Waals surface area contributed by atoms with E-state index in [1.807, 2.05) is 42.5 Å². The summed E-state index contributed by atoms with van der Waals surface area (Å²) in [5.74, 6) is 0.595. The number of nitrogens with zero attached hydrogens (tertiary/aromatic N) is 2. The van der Waals surface area contributed by atoms with Crippen LogP contribution >= 0.6 is 11.9 Å². The molecule has 1 unspecified atom stereocenters. The molecule has 0 amide bonds. The molecule has 3 rings (SSSR count). The molecule has 0 bridgehead atoms. The fourth-order valence-electron chi connectivity index (χ4n) is 1.93. The van der Waals surface area contributed by atoms with E-state index in [4.69, 9.17) is 4.84 Å². The van der Waals surface area contributed by atoms with E-state index in [9.17, 15) is 8.87 Å². The molecule has 0 spiro atoms. The topological polar surface area (TPSA) is 15.7 Å². The average molecular weight is 294 g/mol. The SMILES string of the molecule is FC1N(Oc2ccccc2-c2ccccc2)CSN1F. The van der Waals surface area contributed by atoms with Crippen LogP contribution in [0.5, 0.6) is 5.75 Å². The first-order valence-corrected chi connectivity index (χ1v) is 7.01. The molecular weight excluding hydrogens is 282 g/mol. The summed E-state index contributed by atoms with van der Waals surface area (Å²) < 4.78 is 26.6. The molecule has 2 aromatic carbocycles. The van der Waals surface area contributed by atoms with E-state index in [0.29, 0.717) is 5.75 Å². The zero-order valence-electron chi connectivity index (χ0n) is 10.4. The summed E-state index contributed by atoms with van der Waals surface area (Å²) in [5, 5.41) is 0.965. The summed E-state index contributed by atoms with van der Waals surface area (Å²) in [6.07, 6.45) is -1.90. The summed E-state index contributed by atoms with van der Waals surface area (Å²) in [7, 11) is 0. The molecule has 1 aliphatic rings. The highest BCUT2D eigenvalue weighted by atomic mass is 32.2. The minimum Gasteiger partial charge on any atom is -0.400 e. The number of halogens is 2. The lowest BCUT2D eigenvalue weighted by molar-refractivity contribution is -0.180. The van der Waals surface area contributed by atoms with E-state index >= 15 is 0 Å². The molecule has 0 aromatic heterocycles. The molecule has 1 aliphatic heterocycles. The predicted molar refractivity (Wildman–Crippen MR) is 74.6 cm³/mol. The van der Waals surface area contributed by atoms with Crippen molar-refractivity contribution in [3.8, 4) is 16.9 Å². The van der Waals surface area contributed by atoms with Gasteiger partial charge in [0.1, 0.15) is 5.88 Å². The van der Waals surface area contributed by atoms with Gasteiger partial charge in [0.2, 0.25) is 0 Å². The van der Waals surface area contributed by atoms with Gasteiger partial charge in [-0.1, -0.05) is 53.6 Å². The zero-order valence-corrected chi connectivity index (χ0v) is 11.3. The highest BCUT2D eigenvalue weighted by Crippen LogP contribution is 2.34. The first-order valence-electron chi connectivity index (χ1n) is 6.07. The van der Waals surface area contributed by atoms with E-state index in [1.54, 1.807) is 12.1 Å². The Balaban J connectivity index is 1.87. The highest BCUT2D eigenvalue weighted by molar-refractivity contribution is 7.97. The van der Waals surface area contributed by atoms with Gasteiger partial charge in [0.25, 0.3) is 6.42 Å². The van der Waals surface area contributed by atoms with Crippen molar-refractivity contribution in [3.05, 3.63) is 54.6 Å². The second-order valence-electron chi connectivity index (χ2n) is 4.21. The van der Waals surface area contributed by atoms with Crippen molar-refractivity contribution in [2.75, 3.05) is 5.88 Å². The zero-order chi connectivity index (χ0) is 13.9. The van der Waals surface area contributed by atoms with Crippen molar-refractivity contribution in [1.82, 2.24) is 9.59 Å². The highest BCUT2D eigenvalue weighted by Gasteiger charge is 2.36. The Morgan fingerprint density at radius 2 is 1.75 bits per heavy atom. The van der Waals surface area contributed by atoms with Gasteiger partial charge in [-0.3, -0.25) is 0 Å². The van der Waals surface area contributed by atoms with Gasteiger partial charge in [0.05, 0.1) is 0 Å². The van der Waals surface area contributed by atoms with Crippen LogP contribution in [0.25, 0.3) is 11.1 Å². The fourth-order valence-corrected chi connectivity index (χ4v) is 2.56. The van der Waals surface area contributed by atoms with Crippen LogP contribution in [-0.2, 0) is 0 Å². The molecule has 6 heteroatoms. The summed E-state index contributed by atoms with van der Waals surface area (Å²) in [6.45, 7) is 0. The summed E-state index contributed by atoms with van der Waals surface area (Å²) >= 11 is 0.727. The van der Waals surface area contributed by atoms with Gasteiger partial charge in [-0.05, 0) is 28.1 Å². The van der Waals surface area contributed by atoms with E-state index < -0.39 is 6.42 Å². The predicted octanol–water partition coefficient (Wildman–Crippen LogP) is 4.01. The molecule has 0 aliphatic carbocycles. The molecule has 1 saturated heterocycles. The molecule has 3 nitrogen and oxygen atoms in total. The van der Waals surface area contributed by atoms with Crippen molar-refractivity contribution >= 4 is 11.9 Å². The third kappa shape index (κ3) is 2.63. The smallest absolute Gasteiger partial charge is 0.277 e. The molecule has 0 N–H and O–H groups in total. The van der Waals surface area contributed by atoms with Crippen LogP contribution in [0.3, 0.4) is 0 Å². The Bertz CT molecular complexity index is 584. The van der Waals surface area contributed by atoms with Gasteiger partial charge >= 0.3 is 0 Å². The van der Waals surface area contributed by atoms with Crippen LogP contribution in [0.4, 0.5) is 8.87 Å². The number of alkyl halides is 1. The molecule has 20 heavy (non-hydrogen) atoms. The fraction of sp³-hybridized carbons (Fsp3) is 0.143. The molecule has 1 fully saturated rings. The molecular formula is C14H12F2N2OS. The summed E-state index contributed by atoms with van der Waals surface area (Å²) in [6, 6.07) is 16.9. The molecule has 1 heterocycles. The van der Waals surface area contributed by atoms with Crippen molar-refractivity contribution in [2.24, 2.45) is 0 Å². The molecule has 2 aromatic rings. The number of benzene rings is 2. The van der Waals surface area contributed by atoms with E-state index in [-0.39, 0.29) is 10.4 Å². The van der Waals surface area contributed by atoms with Crippen LogP contribution < -0.4 is 4.84 Å². The first kappa shape index (κ1) is 13.4. The van der Waals surface area contributed by atoms with E-state index in [1.165, 1.54) is 0 Å². The Morgan fingerprint density at radius 1 is 1.05 bits per heavy atom. The molecule has 0 saturated carbocycles. The minimum atomic E-state index is -1.90. The van der Waals surface area contributed by atoms with Crippen molar-refractivity contribution in [3.63, 3.8) is 0 Å². The first-order chi connectivity index (χ1) is 9.75. The van der Waals surface area contributed by atoms with Crippen molar-refractivity contribution in [1.29, 1.82) is 0 Å². The largest absolute Gasteiger partial charge is 0.400 e. The number of hydrogen-bond acceptors (Lipinski definition) is 4. The standard InChI is InChI=1S/C14H12F2N2OS/c15-14-17(10-20-18(14)16)19-13-9-5-4-8-12(13)11-6-2-1-3-7-11/h1-9,14H,10H2. The third-order valence-corrected chi connectivity index (χ3v) is 3.69. The number of rotatable bonds is 3. The van der Waals surface area contributed by atoms with Gasteiger partial charge in [-0.25, -0.2) is 4.39 Å². The lowest BCUT2D eigenvalue weighted by Crippen LogP contribution is -2.33. The van der Waals surface area contributed by atoms with Crippen LogP contribution in [0.2, 0.25) is 0 Å². The second-order valence-corrected chi connectivity index (χ2v) is 5.08. The molecule has 1 atom stereocenters. The van der Waals surface area contributed by atoms with Crippen LogP contribution in [0, 0.1) is 0 Å². The van der Waals surface area contributed by atoms with E-state index in [2.05, 4.69) is 0 Å². The Hall–Kier alpha value is -1.63. The normalized spacial score (nSPS) is 20.2. The summed E-state index contributed by atoms with van der Waals surface area (Å²) in [5.41, 5.74) is 1.80. The van der Waals surface area contributed by atoms with Crippen molar-refractivity contribution < 1.29 is 13.7 Å². The monoisotopic (exact) mass is 294 g/mol. The maximum absolute atomic E-state index is 13.5. The van der Waals surface area contributed by atoms with Crippen LogP contribution in [0.15, 0.2) is 54.6 Å². The van der Waals surface area contributed by atoms with E-state index in [0.717, 1.165) is 28.1 Å². The Morgan fingerprint density at radius 3 is 2.45 bits per heavy atom. The second kappa shape index (κ2) is 5.78. The quantitative estimate of drug-likeness (QED) is 0.482. The number of hydroxylamine groups is 2. The maximum Gasteiger partial charge on any atom is 0.277 e. The lowest BCUT2D eigenvalue weighted by Gasteiger charge is -2.19. The van der Waals surface area contributed by atoms with Crippen molar-refractivity contribution in [2.45, 2.75) is 6.42 Å². The van der Waals surface area contributed by atoms with Gasteiger partial charge in [0, 0.05) is 5.56 Å². The minimum absolute atomic E-state index is 0.0329. The lowest BCUT2D eigenvalue weighted by atomic mass is 10.1. The van der Waals surface area contributed by atoms with Gasteiger partial charge in [-0.15, -0.1) is 4.48 Å². The molecule has 104 valence electrons. The van der Waals surface area contributed by atoms with Crippen LogP contribution in [0.1, 0.15) is 0 Å². The third-order valence-electron chi connectivity index (χ3n) is 2.90. The van der Waals surface area contributed by atoms with Gasteiger partial charge in [-0.2, -0.15) is 0 Å². The summed E-state index contributed by atoms with van der Waals surface area (Å²) in [4.78, 5) is 5.50. The van der Waals surface area contributed by atoms with Gasteiger partial charge in [0.15, 0.2) is 5.75 Å². The Labute approximate surface area is 119 Å². The van der Waals surface area contributed by atoms with Crippen LogP contribution in [-0.4, -0.2) is 21.9 Å². The van der Waals surface area contributed by atoms with Gasteiger partial charge < -0.3 is 4.84 Å². The molecule has 0 radical (unpaired) electrons. The maximum atomic E-state index is 13.5. The Kier molecular flexibility index (Phi) is 3.86. The number of hydrogen-bond donors (Lipinski definition) is 0. The number of para-hydroxylation sites is 1.